The molecule has 7 nitrogen and oxygen atoms in total. The normalized spacial score (nSPS) is 26.9. The first-order valence-electron chi connectivity index (χ1n) is 8.59. The molecule has 3 aromatic heterocycles. The van der Waals surface area contributed by atoms with E-state index in [1.54, 1.807) is 0 Å². The summed E-state index contributed by atoms with van der Waals surface area (Å²) in [5.74, 6) is 1.15. The summed E-state index contributed by atoms with van der Waals surface area (Å²) in [5.41, 5.74) is 2.73. The Bertz CT molecular complexity index is 1110. The molecule has 3 heterocycles. The monoisotopic (exact) mass is 549 g/mol. The predicted octanol–water partition coefficient (Wildman–Crippen LogP) is 3.10. The van der Waals surface area contributed by atoms with E-state index >= 15 is 0 Å². The molecule has 2 saturated carbocycles. The second kappa shape index (κ2) is 6.14. The third kappa shape index (κ3) is 2.80. The van der Waals surface area contributed by atoms with E-state index in [0.29, 0.717) is 3.92 Å². The highest BCUT2D eigenvalue weighted by Crippen LogP contribution is 2.42. The number of nitrogens with zero attached hydrogens (tertiary/aromatic N) is 3. The topological polar surface area (TPSA) is 92.2 Å². The van der Waals surface area contributed by atoms with Gasteiger partial charge in [-0.3, -0.25) is 4.40 Å². The average molecular weight is 550 g/mol. The number of hydrogen-bond donors (Lipinski definition) is 2. The maximum Gasteiger partial charge on any atom is 0.214 e. The zero-order valence-corrected chi connectivity index (χ0v) is 18.3. The van der Waals surface area contributed by atoms with E-state index in [1.807, 2.05) is 18.5 Å². The van der Waals surface area contributed by atoms with Crippen LogP contribution >= 0.6 is 38.5 Å². The molecule has 26 heavy (non-hydrogen) atoms. The largest absolute Gasteiger partial charge is 0.345 e. The Morgan fingerprint density at radius 3 is 2.88 bits per heavy atom. The number of fused-ring (bicyclic) bond motifs is 3. The molecule has 0 saturated heterocycles. The lowest BCUT2D eigenvalue weighted by Gasteiger charge is -2.14. The molecule has 138 valence electrons. The van der Waals surface area contributed by atoms with Crippen molar-refractivity contribution in [2.45, 2.75) is 46.8 Å². The molecular formula is C16H17BrIN5O2S. The fourth-order valence-electron chi connectivity index (χ4n) is 3.86. The summed E-state index contributed by atoms with van der Waals surface area (Å²) in [7, 11) is -3.17. The highest BCUT2D eigenvalue weighted by atomic mass is 127. The quantitative estimate of drug-likeness (QED) is 0.386. The zero-order chi connectivity index (χ0) is 18.1. The van der Waals surface area contributed by atoms with Crippen molar-refractivity contribution in [3.8, 4) is 0 Å². The number of alkyl halides is 1. The molecule has 0 amide bonds. The first-order valence-corrected chi connectivity index (χ1v) is 12.2. The summed E-state index contributed by atoms with van der Waals surface area (Å²) < 4.78 is 30.8. The van der Waals surface area contributed by atoms with Gasteiger partial charge in [0.2, 0.25) is 10.0 Å². The minimum Gasteiger partial charge on any atom is -0.345 e. The summed E-state index contributed by atoms with van der Waals surface area (Å²) in [4.78, 5) is 12.4. The number of aromatic amines is 1. The summed E-state index contributed by atoms with van der Waals surface area (Å²) in [6.07, 6.45) is 6.84. The van der Waals surface area contributed by atoms with Gasteiger partial charge in [-0.05, 0) is 47.7 Å². The van der Waals surface area contributed by atoms with Crippen molar-refractivity contribution >= 4 is 65.2 Å². The van der Waals surface area contributed by atoms with Crippen LogP contribution in [0.2, 0.25) is 0 Å². The highest BCUT2D eigenvalue weighted by molar-refractivity contribution is 14.1. The van der Waals surface area contributed by atoms with E-state index < -0.39 is 10.0 Å². The Kier molecular flexibility index (Phi) is 4.11. The lowest BCUT2D eigenvalue weighted by atomic mass is 10.1. The molecule has 10 heteroatoms. The number of hydrogen-bond acceptors (Lipinski definition) is 4. The van der Waals surface area contributed by atoms with E-state index in [9.17, 15) is 8.42 Å². The second-order valence-electron chi connectivity index (χ2n) is 7.10. The zero-order valence-electron chi connectivity index (χ0n) is 13.7. The molecule has 0 radical (unpaired) electrons. The summed E-state index contributed by atoms with van der Waals surface area (Å²) in [6, 6.07) is 1.97. The number of aromatic nitrogens is 4. The molecule has 0 unspecified atom stereocenters. The standard InChI is InChI=1S/C16H17BrIN5O2S/c17-14-13-7-20-15-12(3-4-19-15)23(13)16(21-14)10-5-8(6-11(10)18)22-26(24,25)9-1-2-9/h3-4,7-11,19,22H,1-2,5-6H2/t8-,10+,11-/m1/s1. The van der Waals surface area contributed by atoms with Crippen LogP contribution in [0, 0.1) is 0 Å². The minimum absolute atomic E-state index is 0.0258. The van der Waals surface area contributed by atoms with Crippen LogP contribution in [0.15, 0.2) is 23.1 Å². The van der Waals surface area contributed by atoms with Crippen LogP contribution in [-0.2, 0) is 10.0 Å². The number of halogens is 2. The van der Waals surface area contributed by atoms with E-state index in [1.165, 1.54) is 0 Å². The van der Waals surface area contributed by atoms with Gasteiger partial charge in [0.15, 0.2) is 5.65 Å². The van der Waals surface area contributed by atoms with Gasteiger partial charge in [-0.15, -0.1) is 0 Å². The Morgan fingerprint density at radius 1 is 1.31 bits per heavy atom. The first-order chi connectivity index (χ1) is 12.4. The second-order valence-corrected chi connectivity index (χ2v) is 11.4. The van der Waals surface area contributed by atoms with Crippen LogP contribution in [0.25, 0.3) is 16.7 Å². The third-order valence-electron chi connectivity index (χ3n) is 5.27. The fourth-order valence-corrected chi connectivity index (χ4v) is 7.15. The van der Waals surface area contributed by atoms with Crippen molar-refractivity contribution in [3.63, 3.8) is 0 Å². The summed E-state index contributed by atoms with van der Waals surface area (Å²) in [5, 5.41) is -0.179. The van der Waals surface area contributed by atoms with Gasteiger partial charge in [-0.25, -0.2) is 23.1 Å². The van der Waals surface area contributed by atoms with E-state index in [0.717, 1.165) is 52.8 Å². The maximum absolute atomic E-state index is 12.3. The lowest BCUT2D eigenvalue weighted by Crippen LogP contribution is -2.35. The van der Waals surface area contributed by atoms with Crippen molar-refractivity contribution in [1.82, 2.24) is 24.1 Å². The lowest BCUT2D eigenvalue weighted by molar-refractivity contribution is 0.546. The van der Waals surface area contributed by atoms with Gasteiger partial charge >= 0.3 is 0 Å². The van der Waals surface area contributed by atoms with Crippen molar-refractivity contribution in [1.29, 1.82) is 0 Å². The fraction of sp³-hybridized carbons (Fsp3) is 0.500. The van der Waals surface area contributed by atoms with Crippen LogP contribution < -0.4 is 4.72 Å². The molecular weight excluding hydrogens is 533 g/mol. The smallest absolute Gasteiger partial charge is 0.214 e. The molecule has 3 aromatic rings. The molecule has 2 fully saturated rings. The SMILES string of the molecule is O=S(=O)(N[C@H]1C[C@@H](I)[C@@H](c2nc(Br)c3cnc4[nH]ccc4n23)C1)C1CC1. The maximum atomic E-state index is 12.3. The number of H-pyrrole nitrogens is 1. The van der Waals surface area contributed by atoms with E-state index in [4.69, 9.17) is 4.98 Å². The van der Waals surface area contributed by atoms with Crippen molar-refractivity contribution in [2.24, 2.45) is 0 Å². The number of nitrogens with one attached hydrogen (secondary N) is 2. The highest BCUT2D eigenvalue weighted by Gasteiger charge is 2.42. The van der Waals surface area contributed by atoms with Crippen LogP contribution in [0.5, 0.6) is 0 Å². The first kappa shape index (κ1) is 17.4. The van der Waals surface area contributed by atoms with Gasteiger partial charge in [-0.1, -0.05) is 22.6 Å². The van der Waals surface area contributed by atoms with Gasteiger partial charge < -0.3 is 4.98 Å². The van der Waals surface area contributed by atoms with Crippen molar-refractivity contribution < 1.29 is 8.42 Å². The molecule has 0 spiro atoms. The predicted molar refractivity (Wildman–Crippen MR) is 111 cm³/mol. The molecule has 2 aliphatic carbocycles. The number of imidazole rings is 1. The summed E-state index contributed by atoms with van der Waals surface area (Å²) in [6.45, 7) is 0. The molecule has 2 N–H and O–H groups in total. The molecule has 0 aliphatic heterocycles. The van der Waals surface area contributed by atoms with Gasteiger partial charge in [-0.2, -0.15) is 0 Å². The van der Waals surface area contributed by atoms with Gasteiger partial charge in [0, 0.05) is 22.1 Å². The molecule has 0 aromatic carbocycles. The number of sulfonamides is 1. The van der Waals surface area contributed by atoms with Crippen LogP contribution in [-0.4, -0.2) is 43.0 Å². The molecule has 3 atom stereocenters. The minimum atomic E-state index is -3.17. The Morgan fingerprint density at radius 2 is 2.12 bits per heavy atom. The van der Waals surface area contributed by atoms with Gasteiger partial charge in [0.05, 0.1) is 22.5 Å². The van der Waals surface area contributed by atoms with Crippen molar-refractivity contribution in [3.05, 3.63) is 28.9 Å². The molecule has 2 aliphatic rings. The van der Waals surface area contributed by atoms with Crippen LogP contribution in [0.3, 0.4) is 0 Å². The molecule has 5 rings (SSSR count). The Balaban J connectivity index is 1.52. The Labute approximate surface area is 172 Å². The Hall–Kier alpha value is -0.720. The summed E-state index contributed by atoms with van der Waals surface area (Å²) >= 11 is 5.99. The van der Waals surface area contributed by atoms with E-state index in [-0.39, 0.29) is 17.2 Å². The van der Waals surface area contributed by atoms with E-state index in [2.05, 4.69) is 57.6 Å². The third-order valence-corrected chi connectivity index (χ3v) is 9.24. The molecule has 0 bridgehead atoms. The van der Waals surface area contributed by atoms with Crippen LogP contribution in [0.4, 0.5) is 0 Å². The van der Waals surface area contributed by atoms with Crippen LogP contribution in [0.1, 0.15) is 37.4 Å². The van der Waals surface area contributed by atoms with Crippen molar-refractivity contribution in [2.75, 3.05) is 0 Å². The number of rotatable bonds is 4. The van der Waals surface area contributed by atoms with Gasteiger partial charge in [0.1, 0.15) is 10.4 Å². The average Bonchev–Trinajstić information content (AvgIpc) is 3.13. The van der Waals surface area contributed by atoms with Gasteiger partial charge in [0.25, 0.3) is 0 Å².